The molecule has 1 aromatic carbocycles. The van der Waals surface area contributed by atoms with Gasteiger partial charge in [-0.25, -0.2) is 0 Å². The van der Waals surface area contributed by atoms with Gasteiger partial charge < -0.3 is 30.3 Å². The Balaban J connectivity index is 0. The molecule has 0 bridgehead atoms. The van der Waals surface area contributed by atoms with Crippen LogP contribution in [0.5, 0.6) is 0 Å². The Hall–Kier alpha value is 0.490. The molecular weight excluding hydrogens is 187 g/mol. The molecule has 54 valence electrons. The van der Waals surface area contributed by atoms with Crippen LogP contribution in [0, 0.1) is 0 Å². The standard InChI is InChI=1S/C7H6S2.Na.H2O/c8-7(9)6-4-2-1-3-5-6;;/h1-5H,(H,8,9);;1H2/q;+1;/p-1. The molecule has 0 aromatic heterocycles. The van der Waals surface area contributed by atoms with Crippen molar-refractivity contribution in [2.24, 2.45) is 0 Å². The molecule has 4 heteroatoms. The summed E-state index contributed by atoms with van der Waals surface area (Å²) in [6, 6.07) is 9.61. The molecule has 0 heterocycles. The van der Waals surface area contributed by atoms with E-state index in [-0.39, 0.29) is 35.0 Å². The fourth-order valence-electron chi connectivity index (χ4n) is 0.574. The van der Waals surface area contributed by atoms with Gasteiger partial charge in [0, 0.05) is 0 Å². The molecule has 0 saturated heterocycles. The second-order valence-electron chi connectivity index (χ2n) is 1.65. The van der Waals surface area contributed by atoms with Crippen LogP contribution in [0.2, 0.25) is 0 Å². The van der Waals surface area contributed by atoms with Crippen molar-refractivity contribution in [3.8, 4) is 0 Å². The van der Waals surface area contributed by atoms with Crippen molar-refractivity contribution < 1.29 is 35.0 Å². The summed E-state index contributed by atoms with van der Waals surface area (Å²) in [4.78, 5) is 0. The molecule has 0 aliphatic heterocycles. The van der Waals surface area contributed by atoms with Gasteiger partial charge in [0.15, 0.2) is 0 Å². The van der Waals surface area contributed by atoms with E-state index in [2.05, 4.69) is 0 Å². The third-order valence-corrected chi connectivity index (χ3v) is 1.48. The predicted molar refractivity (Wildman–Crippen MR) is 49.1 cm³/mol. The van der Waals surface area contributed by atoms with Gasteiger partial charge in [0.1, 0.15) is 0 Å². The van der Waals surface area contributed by atoms with Gasteiger partial charge in [-0.2, -0.15) is 0 Å². The van der Waals surface area contributed by atoms with E-state index < -0.39 is 0 Å². The van der Waals surface area contributed by atoms with E-state index in [4.69, 9.17) is 24.8 Å². The second-order valence-corrected chi connectivity index (χ2v) is 2.73. The molecule has 0 spiro atoms. The van der Waals surface area contributed by atoms with E-state index in [0.29, 0.717) is 4.20 Å². The fourth-order valence-corrected chi connectivity index (χ4v) is 0.846. The third kappa shape index (κ3) is 4.85. The van der Waals surface area contributed by atoms with Crippen LogP contribution in [0.4, 0.5) is 0 Å². The summed E-state index contributed by atoms with van der Waals surface area (Å²) in [7, 11) is 0. The van der Waals surface area contributed by atoms with Crippen LogP contribution in [-0.2, 0) is 12.6 Å². The topological polar surface area (TPSA) is 31.5 Å². The van der Waals surface area contributed by atoms with Crippen LogP contribution in [-0.4, -0.2) is 9.67 Å². The molecule has 0 aliphatic carbocycles. The zero-order valence-corrected chi connectivity index (χ0v) is 9.84. The van der Waals surface area contributed by atoms with E-state index in [1.807, 2.05) is 30.3 Å². The number of rotatable bonds is 1. The van der Waals surface area contributed by atoms with Gasteiger partial charge in [-0.1, -0.05) is 30.3 Å². The molecule has 11 heavy (non-hydrogen) atoms. The molecule has 1 aromatic rings. The average molecular weight is 194 g/mol. The fraction of sp³-hybridized carbons (Fsp3) is 0. The normalized spacial score (nSPS) is 7.27. The number of thiocarbonyl (C=S) groups is 1. The molecule has 0 fully saturated rings. The molecule has 0 aliphatic rings. The van der Waals surface area contributed by atoms with E-state index in [1.54, 1.807) is 0 Å². The summed E-state index contributed by atoms with van der Waals surface area (Å²) in [5.74, 6) is 0. The smallest absolute Gasteiger partial charge is 0.428 e. The van der Waals surface area contributed by atoms with Crippen molar-refractivity contribution >= 4 is 29.0 Å². The van der Waals surface area contributed by atoms with Crippen molar-refractivity contribution in [1.29, 1.82) is 0 Å². The Bertz CT molecular complexity index is 213. The molecule has 0 saturated carbocycles. The maximum Gasteiger partial charge on any atom is 1.00 e. The van der Waals surface area contributed by atoms with Crippen molar-refractivity contribution in [3.63, 3.8) is 0 Å². The number of hydrogen-bond donors (Lipinski definition) is 0. The average Bonchev–Trinajstić information content (AvgIpc) is 1.90. The van der Waals surface area contributed by atoms with E-state index >= 15 is 0 Å². The Morgan fingerprint density at radius 3 is 1.91 bits per heavy atom. The molecule has 1 nitrogen and oxygen atoms in total. The minimum atomic E-state index is 0. The Labute approximate surface area is 99.2 Å². The zero-order valence-electron chi connectivity index (χ0n) is 6.20. The van der Waals surface area contributed by atoms with Gasteiger partial charge in [-0.15, -0.1) is 4.20 Å². The minimum absolute atomic E-state index is 0. The van der Waals surface area contributed by atoms with Crippen LogP contribution in [0.1, 0.15) is 5.56 Å². The van der Waals surface area contributed by atoms with Crippen LogP contribution in [0.25, 0.3) is 0 Å². The Kier molecular flexibility index (Phi) is 9.13. The van der Waals surface area contributed by atoms with Crippen LogP contribution < -0.4 is 29.6 Å². The third-order valence-electron chi connectivity index (χ3n) is 1.01. The van der Waals surface area contributed by atoms with E-state index in [1.165, 1.54) is 0 Å². The first-order chi connectivity index (χ1) is 4.30. The maximum absolute atomic E-state index is 4.78. The van der Waals surface area contributed by atoms with Crippen LogP contribution in [0.15, 0.2) is 30.3 Å². The maximum atomic E-state index is 4.78. The van der Waals surface area contributed by atoms with Gasteiger partial charge in [0.25, 0.3) is 0 Å². The van der Waals surface area contributed by atoms with Crippen molar-refractivity contribution in [2.75, 3.05) is 0 Å². The summed E-state index contributed by atoms with van der Waals surface area (Å²) in [5.41, 5.74) is 0.961. The zero-order chi connectivity index (χ0) is 6.69. The SMILES string of the molecule is O.S=C([S-])c1ccccc1.[Na+]. The van der Waals surface area contributed by atoms with Gasteiger partial charge in [-0.05, 0) is 5.56 Å². The van der Waals surface area contributed by atoms with E-state index in [0.717, 1.165) is 5.56 Å². The minimum Gasteiger partial charge on any atom is -0.428 e. The van der Waals surface area contributed by atoms with Crippen molar-refractivity contribution in [2.45, 2.75) is 0 Å². The molecule has 0 amide bonds. The van der Waals surface area contributed by atoms with Crippen LogP contribution >= 0.6 is 12.2 Å². The second kappa shape index (κ2) is 7.16. The largest absolute Gasteiger partial charge is 1.00 e. The first kappa shape index (κ1) is 14.0. The molecule has 0 radical (unpaired) electrons. The summed E-state index contributed by atoms with van der Waals surface area (Å²) >= 11 is 9.55. The summed E-state index contributed by atoms with van der Waals surface area (Å²) in [5, 5.41) is 0. The molecule has 0 atom stereocenters. The van der Waals surface area contributed by atoms with Gasteiger partial charge >= 0.3 is 29.6 Å². The first-order valence-corrected chi connectivity index (χ1v) is 3.39. The van der Waals surface area contributed by atoms with Gasteiger partial charge in [-0.3, -0.25) is 0 Å². The number of hydrogen-bond acceptors (Lipinski definition) is 2. The summed E-state index contributed by atoms with van der Waals surface area (Å²) in [6.07, 6.45) is 0. The Morgan fingerprint density at radius 2 is 1.64 bits per heavy atom. The quantitative estimate of drug-likeness (QED) is 0.297. The van der Waals surface area contributed by atoms with Gasteiger partial charge in [0.05, 0.1) is 0 Å². The summed E-state index contributed by atoms with van der Waals surface area (Å²) < 4.78 is 0.538. The van der Waals surface area contributed by atoms with Gasteiger partial charge in [0.2, 0.25) is 0 Å². The first-order valence-electron chi connectivity index (χ1n) is 2.57. The molecular formula is C7H7NaOS2. The molecule has 1 rings (SSSR count). The summed E-state index contributed by atoms with van der Waals surface area (Å²) in [6.45, 7) is 0. The predicted octanol–water partition coefficient (Wildman–Crippen LogP) is -1.91. The van der Waals surface area contributed by atoms with Crippen LogP contribution in [0.3, 0.4) is 0 Å². The molecule has 0 unspecified atom stereocenters. The Morgan fingerprint density at radius 1 is 1.18 bits per heavy atom. The monoisotopic (exact) mass is 194 g/mol. The number of benzene rings is 1. The van der Waals surface area contributed by atoms with Crippen molar-refractivity contribution in [3.05, 3.63) is 35.9 Å². The van der Waals surface area contributed by atoms with E-state index in [9.17, 15) is 0 Å². The van der Waals surface area contributed by atoms with Crippen molar-refractivity contribution in [1.82, 2.24) is 0 Å². The molecule has 2 N–H and O–H groups in total.